The summed E-state index contributed by atoms with van der Waals surface area (Å²) in [7, 11) is 1.26. The second-order valence-corrected chi connectivity index (χ2v) is 4.94. The van der Waals surface area contributed by atoms with Crippen molar-refractivity contribution < 1.29 is 19.1 Å². The first kappa shape index (κ1) is 16.7. The molecule has 2 aromatic rings. The Morgan fingerprint density at radius 1 is 1.17 bits per heavy atom. The van der Waals surface area contributed by atoms with Crippen LogP contribution in [0.15, 0.2) is 53.5 Å². The molecule has 0 fully saturated rings. The summed E-state index contributed by atoms with van der Waals surface area (Å²) < 4.78 is 9.73. The van der Waals surface area contributed by atoms with Crippen LogP contribution in [-0.4, -0.2) is 25.3 Å². The summed E-state index contributed by atoms with van der Waals surface area (Å²) in [5.41, 5.74) is 1.32. The Morgan fingerprint density at radius 2 is 1.91 bits per heavy atom. The summed E-state index contributed by atoms with van der Waals surface area (Å²) in [6.07, 6.45) is 1.00. The van der Waals surface area contributed by atoms with E-state index in [1.54, 1.807) is 6.07 Å². The van der Waals surface area contributed by atoms with Gasteiger partial charge in [-0.25, -0.2) is 14.6 Å². The Morgan fingerprint density at radius 3 is 2.61 bits per heavy atom. The molecule has 0 atom stereocenters. The van der Waals surface area contributed by atoms with Crippen LogP contribution in [0.3, 0.4) is 0 Å². The first-order chi connectivity index (χ1) is 11.1. The molecule has 5 nitrogen and oxygen atoms in total. The molecule has 2 rings (SSSR count). The third-order valence-electron chi connectivity index (χ3n) is 2.90. The van der Waals surface area contributed by atoms with Gasteiger partial charge >= 0.3 is 11.9 Å². The molecule has 0 saturated carbocycles. The summed E-state index contributed by atoms with van der Waals surface area (Å²) >= 11 is 5.88. The molecule has 0 N–H and O–H groups in total. The molecule has 0 unspecified atom stereocenters. The lowest BCUT2D eigenvalue weighted by molar-refractivity contribution is -0.136. The maximum Gasteiger partial charge on any atom is 0.349 e. The van der Waals surface area contributed by atoms with Crippen molar-refractivity contribution >= 4 is 35.4 Å². The number of carbonyl (C=O) groups is 2. The van der Waals surface area contributed by atoms with Crippen molar-refractivity contribution in [2.75, 3.05) is 7.11 Å². The van der Waals surface area contributed by atoms with E-state index < -0.39 is 11.9 Å². The first-order valence-corrected chi connectivity index (χ1v) is 7.10. The maximum absolute atomic E-state index is 11.7. The number of rotatable bonds is 5. The van der Waals surface area contributed by atoms with E-state index in [2.05, 4.69) is 9.73 Å². The van der Waals surface area contributed by atoms with E-state index in [4.69, 9.17) is 16.3 Å². The summed E-state index contributed by atoms with van der Waals surface area (Å²) in [6.45, 7) is 0.144. The SMILES string of the molecule is COC(=O)c1ccc(Cl)cc1N=CC(=O)OCc1ccccc1. The number of halogens is 1. The number of benzene rings is 2. The highest BCUT2D eigenvalue weighted by Gasteiger charge is 2.12. The van der Waals surface area contributed by atoms with Crippen LogP contribution in [0.1, 0.15) is 15.9 Å². The molecule has 0 radical (unpaired) electrons. The van der Waals surface area contributed by atoms with Crippen molar-refractivity contribution in [1.82, 2.24) is 0 Å². The van der Waals surface area contributed by atoms with E-state index in [9.17, 15) is 9.59 Å². The van der Waals surface area contributed by atoms with Crippen LogP contribution in [0.5, 0.6) is 0 Å². The minimum Gasteiger partial charge on any atom is -0.465 e. The number of carbonyl (C=O) groups excluding carboxylic acids is 2. The van der Waals surface area contributed by atoms with E-state index >= 15 is 0 Å². The Bertz CT molecular complexity index is 729. The Balaban J connectivity index is 2.05. The second-order valence-electron chi connectivity index (χ2n) is 4.50. The molecule has 0 aliphatic rings. The first-order valence-electron chi connectivity index (χ1n) is 6.73. The van der Waals surface area contributed by atoms with Crippen LogP contribution in [0.4, 0.5) is 5.69 Å². The summed E-state index contributed by atoms with van der Waals surface area (Å²) in [6, 6.07) is 13.8. The Labute approximate surface area is 138 Å². The average Bonchev–Trinajstić information content (AvgIpc) is 2.58. The van der Waals surface area contributed by atoms with Crippen LogP contribution >= 0.6 is 11.6 Å². The number of esters is 2. The molecule has 0 amide bonds. The maximum atomic E-state index is 11.7. The average molecular weight is 332 g/mol. The van der Waals surface area contributed by atoms with Gasteiger partial charge in [-0.2, -0.15) is 0 Å². The standard InChI is InChI=1S/C17H14ClNO4/c1-22-17(21)14-8-7-13(18)9-15(14)19-10-16(20)23-11-12-5-3-2-4-6-12/h2-10H,11H2,1H3. The van der Waals surface area contributed by atoms with E-state index in [1.807, 2.05) is 30.3 Å². The van der Waals surface area contributed by atoms with Crippen molar-refractivity contribution in [3.05, 3.63) is 64.7 Å². The van der Waals surface area contributed by atoms with Gasteiger partial charge in [0, 0.05) is 5.02 Å². The van der Waals surface area contributed by atoms with Crippen LogP contribution in [0.25, 0.3) is 0 Å². The largest absolute Gasteiger partial charge is 0.465 e. The molecule has 0 saturated heterocycles. The highest BCUT2D eigenvalue weighted by molar-refractivity contribution is 6.31. The summed E-state index contributed by atoms with van der Waals surface area (Å²) in [5.74, 6) is -1.18. The highest BCUT2D eigenvalue weighted by Crippen LogP contribution is 2.24. The highest BCUT2D eigenvalue weighted by atomic mass is 35.5. The fraction of sp³-hybridized carbons (Fsp3) is 0.118. The van der Waals surface area contributed by atoms with Crippen LogP contribution in [0.2, 0.25) is 5.02 Å². The number of hydrogen-bond acceptors (Lipinski definition) is 5. The lowest BCUT2D eigenvalue weighted by Crippen LogP contribution is -2.06. The van der Waals surface area contributed by atoms with Gasteiger partial charge in [-0.15, -0.1) is 0 Å². The number of methoxy groups -OCH3 is 1. The summed E-state index contributed by atoms with van der Waals surface area (Å²) in [4.78, 5) is 27.3. The Hall–Kier alpha value is -2.66. The normalized spacial score (nSPS) is 10.5. The molecule has 0 spiro atoms. The van der Waals surface area contributed by atoms with E-state index in [1.165, 1.54) is 19.2 Å². The molecule has 2 aromatic carbocycles. The molecular formula is C17H14ClNO4. The monoisotopic (exact) mass is 331 g/mol. The smallest absolute Gasteiger partial charge is 0.349 e. The lowest BCUT2D eigenvalue weighted by atomic mass is 10.2. The third-order valence-corrected chi connectivity index (χ3v) is 3.13. The zero-order chi connectivity index (χ0) is 16.7. The predicted molar refractivity (Wildman–Crippen MR) is 87.2 cm³/mol. The molecular weight excluding hydrogens is 318 g/mol. The quantitative estimate of drug-likeness (QED) is 0.620. The van der Waals surface area contributed by atoms with Crippen LogP contribution < -0.4 is 0 Å². The van der Waals surface area contributed by atoms with Crippen molar-refractivity contribution in [3.63, 3.8) is 0 Å². The van der Waals surface area contributed by atoms with E-state index in [0.717, 1.165) is 11.8 Å². The lowest BCUT2D eigenvalue weighted by Gasteiger charge is -2.04. The zero-order valence-corrected chi connectivity index (χ0v) is 13.1. The van der Waals surface area contributed by atoms with Crippen LogP contribution in [-0.2, 0) is 20.9 Å². The Kier molecular flexibility index (Phi) is 5.88. The third kappa shape index (κ3) is 4.93. The van der Waals surface area contributed by atoms with Gasteiger partial charge in [0.2, 0.25) is 0 Å². The van der Waals surface area contributed by atoms with Gasteiger partial charge < -0.3 is 9.47 Å². The van der Waals surface area contributed by atoms with Gasteiger partial charge in [-0.3, -0.25) is 0 Å². The minimum absolute atomic E-state index is 0.144. The fourth-order valence-electron chi connectivity index (χ4n) is 1.78. The molecule has 0 bridgehead atoms. The molecule has 23 heavy (non-hydrogen) atoms. The van der Waals surface area contributed by atoms with E-state index in [-0.39, 0.29) is 17.9 Å². The molecule has 118 valence electrons. The van der Waals surface area contributed by atoms with E-state index in [0.29, 0.717) is 5.02 Å². The van der Waals surface area contributed by atoms with Gasteiger partial charge in [-0.05, 0) is 23.8 Å². The second kappa shape index (κ2) is 8.10. The number of hydrogen-bond donors (Lipinski definition) is 0. The fourth-order valence-corrected chi connectivity index (χ4v) is 1.95. The topological polar surface area (TPSA) is 65.0 Å². The van der Waals surface area contributed by atoms with Gasteiger partial charge in [-0.1, -0.05) is 41.9 Å². The molecule has 0 aliphatic carbocycles. The predicted octanol–water partition coefficient (Wildman–Crippen LogP) is 3.57. The molecule has 0 aliphatic heterocycles. The van der Waals surface area contributed by atoms with Crippen molar-refractivity contribution in [2.24, 2.45) is 4.99 Å². The van der Waals surface area contributed by atoms with Crippen molar-refractivity contribution in [3.8, 4) is 0 Å². The minimum atomic E-state index is -0.621. The van der Waals surface area contributed by atoms with Crippen molar-refractivity contribution in [2.45, 2.75) is 6.61 Å². The number of ether oxygens (including phenoxy) is 2. The molecule has 0 heterocycles. The van der Waals surface area contributed by atoms with Crippen LogP contribution in [0, 0.1) is 0 Å². The molecule has 6 heteroatoms. The molecule has 0 aromatic heterocycles. The van der Waals surface area contributed by atoms with Crippen molar-refractivity contribution in [1.29, 1.82) is 0 Å². The van der Waals surface area contributed by atoms with Gasteiger partial charge in [0.1, 0.15) is 12.8 Å². The number of nitrogens with zero attached hydrogens (tertiary/aromatic N) is 1. The number of aliphatic imine (C=N–C) groups is 1. The summed E-state index contributed by atoms with van der Waals surface area (Å²) in [5, 5.41) is 0.391. The zero-order valence-electron chi connectivity index (χ0n) is 12.4. The van der Waals surface area contributed by atoms with Gasteiger partial charge in [0.25, 0.3) is 0 Å². The van der Waals surface area contributed by atoms with Gasteiger partial charge in [0.05, 0.1) is 18.4 Å². The van der Waals surface area contributed by atoms with Gasteiger partial charge in [0.15, 0.2) is 0 Å².